The van der Waals surface area contributed by atoms with E-state index in [4.69, 9.17) is 9.52 Å². The van der Waals surface area contributed by atoms with Gasteiger partial charge < -0.3 is 14.8 Å². The van der Waals surface area contributed by atoms with Crippen LogP contribution in [0.4, 0.5) is 5.69 Å². The van der Waals surface area contributed by atoms with Gasteiger partial charge in [0.1, 0.15) is 12.0 Å². The number of nitrogens with one attached hydrogen (secondary N) is 1. The van der Waals surface area contributed by atoms with Crippen LogP contribution in [0.3, 0.4) is 0 Å². The van der Waals surface area contributed by atoms with Gasteiger partial charge in [-0.2, -0.15) is 0 Å². The summed E-state index contributed by atoms with van der Waals surface area (Å²) >= 11 is 1.69. The first-order valence-corrected chi connectivity index (χ1v) is 7.06. The lowest BCUT2D eigenvalue weighted by molar-refractivity contribution is 0.0696. The number of furan rings is 1. The fourth-order valence-corrected chi connectivity index (χ4v) is 2.42. The predicted octanol–water partition coefficient (Wildman–Crippen LogP) is 3.87. The highest BCUT2D eigenvalue weighted by Crippen LogP contribution is 2.27. The number of anilines is 1. The number of rotatable bonds is 7. The van der Waals surface area contributed by atoms with Gasteiger partial charge in [-0.3, -0.25) is 0 Å². The Kier molecular flexibility index (Phi) is 4.90. The summed E-state index contributed by atoms with van der Waals surface area (Å²) in [5.41, 5.74) is 1.16. The van der Waals surface area contributed by atoms with E-state index in [0.29, 0.717) is 12.3 Å². The maximum Gasteiger partial charge on any atom is 0.338 e. The first-order valence-electron chi connectivity index (χ1n) is 6.08. The van der Waals surface area contributed by atoms with Crippen molar-refractivity contribution in [3.05, 3.63) is 60.6 Å². The minimum Gasteiger partial charge on any atom is -0.478 e. The second-order valence-electron chi connectivity index (χ2n) is 4.06. The topological polar surface area (TPSA) is 62.5 Å². The first-order chi connectivity index (χ1) is 9.70. The van der Waals surface area contributed by atoms with Crippen LogP contribution in [0.2, 0.25) is 0 Å². The Labute approximate surface area is 121 Å². The molecule has 20 heavy (non-hydrogen) atoms. The summed E-state index contributed by atoms with van der Waals surface area (Å²) in [6.45, 7) is 4.15. The summed E-state index contributed by atoms with van der Waals surface area (Å²) in [4.78, 5) is 11.9. The fourth-order valence-electron chi connectivity index (χ4n) is 1.66. The summed E-state index contributed by atoms with van der Waals surface area (Å²) < 4.78 is 5.20. The van der Waals surface area contributed by atoms with Crippen LogP contribution >= 0.6 is 11.8 Å². The van der Waals surface area contributed by atoms with Crippen LogP contribution in [-0.4, -0.2) is 16.8 Å². The molecule has 0 spiro atoms. The maximum atomic E-state index is 10.8. The van der Waals surface area contributed by atoms with E-state index in [1.165, 1.54) is 12.3 Å². The summed E-state index contributed by atoms with van der Waals surface area (Å²) in [6.07, 6.45) is 3.10. The zero-order valence-electron chi connectivity index (χ0n) is 10.8. The molecule has 0 unspecified atom stereocenters. The van der Waals surface area contributed by atoms with Crippen molar-refractivity contribution in [2.45, 2.75) is 11.4 Å². The Morgan fingerprint density at radius 3 is 2.95 bits per heavy atom. The Morgan fingerprint density at radius 2 is 2.25 bits per heavy atom. The Hall–Kier alpha value is -2.14. The van der Waals surface area contributed by atoms with Gasteiger partial charge in [0.25, 0.3) is 0 Å². The normalized spacial score (nSPS) is 10.2. The molecular weight excluding hydrogens is 274 g/mol. The molecule has 1 heterocycles. The van der Waals surface area contributed by atoms with Crippen LogP contribution < -0.4 is 5.32 Å². The molecule has 0 radical (unpaired) electrons. The van der Waals surface area contributed by atoms with Crippen LogP contribution in [0.5, 0.6) is 0 Å². The first kappa shape index (κ1) is 14.3. The number of carboxylic acid groups (broad SMARTS) is 1. The number of carbonyl (C=O) groups is 1. The molecule has 0 saturated carbocycles. The van der Waals surface area contributed by atoms with Gasteiger partial charge >= 0.3 is 5.97 Å². The number of hydrogen-bond acceptors (Lipinski definition) is 4. The quantitative estimate of drug-likeness (QED) is 0.598. The predicted molar refractivity (Wildman–Crippen MR) is 80.4 cm³/mol. The fraction of sp³-hybridized carbons (Fsp3) is 0.133. The van der Waals surface area contributed by atoms with Gasteiger partial charge in [0.05, 0.1) is 12.1 Å². The summed E-state index contributed by atoms with van der Waals surface area (Å²) in [6, 6.07) is 9.46. The highest BCUT2D eigenvalue weighted by Gasteiger charge is 2.08. The zero-order chi connectivity index (χ0) is 14.4. The average molecular weight is 289 g/mol. The van der Waals surface area contributed by atoms with Crippen LogP contribution in [0.1, 0.15) is 16.1 Å². The lowest BCUT2D eigenvalue weighted by Crippen LogP contribution is -2.00. The number of para-hydroxylation sites is 1. The molecule has 2 N–H and O–H groups in total. The summed E-state index contributed by atoms with van der Waals surface area (Å²) in [5.74, 6) is 0.440. The van der Waals surface area contributed by atoms with Crippen molar-refractivity contribution in [1.82, 2.24) is 0 Å². The van der Waals surface area contributed by atoms with Crippen molar-refractivity contribution in [2.24, 2.45) is 0 Å². The van der Waals surface area contributed by atoms with Gasteiger partial charge in [0.2, 0.25) is 0 Å². The third-order valence-electron chi connectivity index (χ3n) is 2.60. The Morgan fingerprint density at radius 1 is 1.45 bits per heavy atom. The molecule has 0 aliphatic carbocycles. The minimum absolute atomic E-state index is 0.163. The van der Waals surface area contributed by atoms with Gasteiger partial charge in [-0.1, -0.05) is 18.2 Å². The van der Waals surface area contributed by atoms with E-state index in [1.54, 1.807) is 11.8 Å². The van der Waals surface area contributed by atoms with E-state index in [9.17, 15) is 4.79 Å². The smallest absolute Gasteiger partial charge is 0.338 e. The van der Waals surface area contributed by atoms with Gasteiger partial charge in [-0.15, -0.1) is 18.3 Å². The van der Waals surface area contributed by atoms with Gasteiger partial charge in [-0.05, 0) is 18.2 Å². The standard InChI is InChI=1S/C15H15NO3S/c1-2-7-20-14-6-4-3-5-13(14)16-9-12-8-11(10-19-12)15(17)18/h2-6,8,10,16H,1,7,9H2,(H,17,18). The Balaban J connectivity index is 2.02. The van der Waals surface area contributed by atoms with Crippen molar-refractivity contribution in [3.8, 4) is 0 Å². The number of carboxylic acids is 1. The lowest BCUT2D eigenvalue weighted by atomic mass is 10.3. The van der Waals surface area contributed by atoms with E-state index < -0.39 is 5.97 Å². The van der Waals surface area contributed by atoms with Crippen LogP contribution in [0.25, 0.3) is 0 Å². The summed E-state index contributed by atoms with van der Waals surface area (Å²) in [5, 5.41) is 12.1. The monoisotopic (exact) mass is 289 g/mol. The molecule has 2 rings (SSSR count). The minimum atomic E-state index is -0.984. The molecule has 0 aliphatic heterocycles. The van der Waals surface area contributed by atoms with Crippen LogP contribution in [0, 0.1) is 0 Å². The maximum absolute atomic E-state index is 10.8. The molecular formula is C15H15NO3S. The van der Waals surface area contributed by atoms with Crippen molar-refractivity contribution >= 4 is 23.4 Å². The third-order valence-corrected chi connectivity index (χ3v) is 3.67. The molecule has 4 nitrogen and oxygen atoms in total. The number of aromatic carboxylic acids is 1. The molecule has 5 heteroatoms. The van der Waals surface area contributed by atoms with E-state index in [-0.39, 0.29) is 5.56 Å². The van der Waals surface area contributed by atoms with Crippen molar-refractivity contribution in [1.29, 1.82) is 0 Å². The third kappa shape index (κ3) is 3.68. The zero-order valence-corrected chi connectivity index (χ0v) is 11.7. The SMILES string of the molecule is C=CCSc1ccccc1NCc1cc(C(=O)O)co1. The molecule has 104 valence electrons. The molecule has 0 amide bonds. The molecule has 0 aliphatic rings. The van der Waals surface area contributed by atoms with E-state index in [0.717, 1.165) is 16.3 Å². The molecule has 2 aromatic rings. The van der Waals surface area contributed by atoms with E-state index in [2.05, 4.69) is 11.9 Å². The lowest BCUT2D eigenvalue weighted by Gasteiger charge is -2.09. The highest BCUT2D eigenvalue weighted by atomic mass is 32.2. The van der Waals surface area contributed by atoms with Crippen LogP contribution in [0.15, 0.2) is 58.6 Å². The molecule has 0 atom stereocenters. The average Bonchev–Trinajstić information content (AvgIpc) is 2.93. The molecule has 1 aromatic heterocycles. The van der Waals surface area contributed by atoms with Crippen molar-refractivity contribution < 1.29 is 14.3 Å². The molecule has 1 aromatic carbocycles. The van der Waals surface area contributed by atoms with Gasteiger partial charge in [-0.25, -0.2) is 4.79 Å². The second kappa shape index (κ2) is 6.86. The highest BCUT2D eigenvalue weighted by molar-refractivity contribution is 7.99. The van der Waals surface area contributed by atoms with Gasteiger partial charge in [0.15, 0.2) is 0 Å². The van der Waals surface area contributed by atoms with E-state index >= 15 is 0 Å². The number of benzene rings is 1. The van der Waals surface area contributed by atoms with E-state index in [1.807, 2.05) is 30.3 Å². The Bertz CT molecular complexity index is 607. The number of thioether (sulfide) groups is 1. The molecule has 0 fully saturated rings. The van der Waals surface area contributed by atoms with Crippen molar-refractivity contribution in [3.63, 3.8) is 0 Å². The largest absolute Gasteiger partial charge is 0.478 e. The van der Waals surface area contributed by atoms with Crippen LogP contribution in [-0.2, 0) is 6.54 Å². The molecule has 0 saturated heterocycles. The van der Waals surface area contributed by atoms with Gasteiger partial charge in [0, 0.05) is 16.3 Å². The number of hydrogen-bond donors (Lipinski definition) is 2. The summed E-state index contributed by atoms with van der Waals surface area (Å²) in [7, 11) is 0. The molecule has 0 bridgehead atoms. The second-order valence-corrected chi connectivity index (χ2v) is 5.12. The van der Waals surface area contributed by atoms with Crippen molar-refractivity contribution in [2.75, 3.05) is 11.1 Å².